The molecular weight excluding hydrogens is 168 g/mol. The molecule has 4 N–H and O–H groups in total. The van der Waals surface area contributed by atoms with E-state index in [1.165, 1.54) is 6.33 Å². The zero-order chi connectivity index (χ0) is 9.84. The van der Waals surface area contributed by atoms with Crippen molar-refractivity contribution in [2.24, 2.45) is 5.92 Å². The van der Waals surface area contributed by atoms with Gasteiger partial charge in [0.1, 0.15) is 5.69 Å². The molecule has 72 valence electrons. The smallest absolute Gasteiger partial charge is 0.276 e. The summed E-state index contributed by atoms with van der Waals surface area (Å²) in [7, 11) is 0. The number of H-pyrrole nitrogens is 1. The molecule has 1 aromatic rings. The van der Waals surface area contributed by atoms with E-state index in [4.69, 9.17) is 5.73 Å². The van der Waals surface area contributed by atoms with Crippen molar-refractivity contribution in [3.05, 3.63) is 16.7 Å². The lowest BCUT2D eigenvalue weighted by atomic mass is 10.2. The highest BCUT2D eigenvalue weighted by Crippen LogP contribution is 2.07. The molecule has 1 aromatic heterocycles. The van der Waals surface area contributed by atoms with Crippen molar-refractivity contribution in [1.29, 1.82) is 0 Å². The largest absolute Gasteiger partial charge is 0.391 e. The van der Waals surface area contributed by atoms with Gasteiger partial charge in [0.25, 0.3) is 5.56 Å². The van der Waals surface area contributed by atoms with Crippen LogP contribution < -0.4 is 16.6 Å². The molecule has 0 saturated heterocycles. The van der Waals surface area contributed by atoms with Crippen LogP contribution >= 0.6 is 0 Å². The first-order valence-electron chi connectivity index (χ1n) is 4.18. The molecule has 0 atom stereocenters. The monoisotopic (exact) mass is 182 g/mol. The van der Waals surface area contributed by atoms with Crippen molar-refractivity contribution in [1.82, 2.24) is 9.97 Å². The summed E-state index contributed by atoms with van der Waals surface area (Å²) in [6.07, 6.45) is 1.33. The maximum absolute atomic E-state index is 11.0. The highest BCUT2D eigenvalue weighted by molar-refractivity contribution is 5.58. The third-order valence-electron chi connectivity index (χ3n) is 1.57. The third-order valence-corrected chi connectivity index (χ3v) is 1.57. The number of nitrogen functional groups attached to an aromatic ring is 1. The van der Waals surface area contributed by atoms with Crippen molar-refractivity contribution in [2.45, 2.75) is 13.8 Å². The second-order valence-electron chi connectivity index (χ2n) is 3.27. The Labute approximate surface area is 76.4 Å². The first kappa shape index (κ1) is 9.57. The van der Waals surface area contributed by atoms with Gasteiger partial charge in [-0.15, -0.1) is 0 Å². The topological polar surface area (TPSA) is 83.8 Å². The minimum absolute atomic E-state index is 0.142. The third kappa shape index (κ3) is 2.47. The highest BCUT2D eigenvalue weighted by Gasteiger charge is 2.03. The van der Waals surface area contributed by atoms with Gasteiger partial charge < -0.3 is 16.0 Å². The van der Waals surface area contributed by atoms with Crippen LogP contribution in [0.15, 0.2) is 11.1 Å². The Morgan fingerprint density at radius 1 is 1.69 bits per heavy atom. The molecule has 0 amide bonds. The van der Waals surface area contributed by atoms with Crippen LogP contribution in [-0.2, 0) is 0 Å². The van der Waals surface area contributed by atoms with Crippen LogP contribution in [0.1, 0.15) is 13.8 Å². The van der Waals surface area contributed by atoms with Crippen LogP contribution in [0.5, 0.6) is 0 Å². The standard InChI is InChI=1S/C8H14N4O/c1-5(2)3-10-7-6(9)8(13)12-4-11-7/h4-5H,3,9H2,1-2H3,(H2,10,11,12,13). The fourth-order valence-electron chi connectivity index (χ4n) is 0.852. The Kier molecular flexibility index (Phi) is 2.89. The summed E-state index contributed by atoms with van der Waals surface area (Å²) in [5, 5.41) is 3.00. The summed E-state index contributed by atoms with van der Waals surface area (Å²) in [4.78, 5) is 17.3. The van der Waals surface area contributed by atoms with Gasteiger partial charge in [0, 0.05) is 6.54 Å². The van der Waals surface area contributed by atoms with E-state index in [0.29, 0.717) is 11.7 Å². The summed E-state index contributed by atoms with van der Waals surface area (Å²) in [5.41, 5.74) is 5.34. The van der Waals surface area contributed by atoms with Gasteiger partial charge in [0.15, 0.2) is 5.82 Å². The quantitative estimate of drug-likeness (QED) is 0.632. The Morgan fingerprint density at radius 3 is 3.00 bits per heavy atom. The Morgan fingerprint density at radius 2 is 2.38 bits per heavy atom. The molecule has 0 aliphatic heterocycles. The fraction of sp³-hybridized carbons (Fsp3) is 0.500. The molecule has 0 aliphatic rings. The molecule has 5 nitrogen and oxygen atoms in total. The first-order valence-corrected chi connectivity index (χ1v) is 4.18. The molecule has 0 radical (unpaired) electrons. The normalized spacial score (nSPS) is 10.4. The molecule has 0 aliphatic carbocycles. The van der Waals surface area contributed by atoms with Gasteiger partial charge in [-0.3, -0.25) is 4.79 Å². The number of nitrogens with one attached hydrogen (secondary N) is 2. The second kappa shape index (κ2) is 3.93. The number of hydrogen-bond donors (Lipinski definition) is 3. The van der Waals surface area contributed by atoms with Crippen LogP contribution in [0.2, 0.25) is 0 Å². The van der Waals surface area contributed by atoms with Crippen molar-refractivity contribution in [3.8, 4) is 0 Å². The number of anilines is 2. The Bertz CT molecular complexity index is 331. The number of nitrogens with two attached hydrogens (primary N) is 1. The zero-order valence-electron chi connectivity index (χ0n) is 7.79. The van der Waals surface area contributed by atoms with E-state index in [-0.39, 0.29) is 11.2 Å². The molecule has 13 heavy (non-hydrogen) atoms. The molecular formula is C8H14N4O. The van der Waals surface area contributed by atoms with Gasteiger partial charge in [0.2, 0.25) is 0 Å². The van der Waals surface area contributed by atoms with Gasteiger partial charge in [-0.05, 0) is 5.92 Å². The fourth-order valence-corrected chi connectivity index (χ4v) is 0.852. The first-order chi connectivity index (χ1) is 6.11. The molecule has 0 spiro atoms. The summed E-state index contributed by atoms with van der Waals surface area (Å²) < 4.78 is 0. The molecule has 0 unspecified atom stereocenters. The minimum Gasteiger partial charge on any atom is -0.391 e. The van der Waals surface area contributed by atoms with Crippen molar-refractivity contribution in [2.75, 3.05) is 17.6 Å². The van der Waals surface area contributed by atoms with Gasteiger partial charge in [0.05, 0.1) is 6.33 Å². The van der Waals surface area contributed by atoms with E-state index in [9.17, 15) is 4.79 Å². The molecule has 0 fully saturated rings. The summed E-state index contributed by atoms with van der Waals surface area (Å²) in [6.45, 7) is 4.88. The second-order valence-corrected chi connectivity index (χ2v) is 3.27. The lowest BCUT2D eigenvalue weighted by molar-refractivity contribution is 0.687. The lowest BCUT2D eigenvalue weighted by Crippen LogP contribution is -2.18. The van der Waals surface area contributed by atoms with E-state index in [0.717, 1.165) is 6.54 Å². The molecule has 0 bridgehead atoms. The molecule has 1 heterocycles. The van der Waals surface area contributed by atoms with Crippen molar-refractivity contribution >= 4 is 11.5 Å². The van der Waals surface area contributed by atoms with Gasteiger partial charge in [-0.25, -0.2) is 4.98 Å². The summed E-state index contributed by atoms with van der Waals surface area (Å²) in [5.74, 6) is 0.943. The van der Waals surface area contributed by atoms with Gasteiger partial charge in [-0.2, -0.15) is 0 Å². The van der Waals surface area contributed by atoms with Crippen LogP contribution in [0.25, 0.3) is 0 Å². The Hall–Kier alpha value is -1.52. The molecule has 0 saturated carbocycles. The Balaban J connectivity index is 2.77. The van der Waals surface area contributed by atoms with E-state index in [2.05, 4.69) is 29.1 Å². The summed E-state index contributed by atoms with van der Waals surface area (Å²) in [6, 6.07) is 0. The van der Waals surface area contributed by atoms with Gasteiger partial charge >= 0.3 is 0 Å². The number of rotatable bonds is 3. The van der Waals surface area contributed by atoms with Crippen LogP contribution in [-0.4, -0.2) is 16.5 Å². The maximum atomic E-state index is 11.0. The average molecular weight is 182 g/mol. The van der Waals surface area contributed by atoms with E-state index >= 15 is 0 Å². The van der Waals surface area contributed by atoms with Crippen molar-refractivity contribution < 1.29 is 0 Å². The highest BCUT2D eigenvalue weighted by atomic mass is 16.1. The van der Waals surface area contributed by atoms with Gasteiger partial charge in [-0.1, -0.05) is 13.8 Å². The van der Waals surface area contributed by atoms with Crippen molar-refractivity contribution in [3.63, 3.8) is 0 Å². The average Bonchev–Trinajstić information content (AvgIpc) is 2.07. The number of aromatic nitrogens is 2. The van der Waals surface area contributed by atoms with E-state index in [1.807, 2.05) is 0 Å². The zero-order valence-corrected chi connectivity index (χ0v) is 7.79. The number of aromatic amines is 1. The molecule has 1 rings (SSSR count). The SMILES string of the molecule is CC(C)CNc1nc[nH]c(=O)c1N. The summed E-state index contributed by atoms with van der Waals surface area (Å²) >= 11 is 0. The predicted molar refractivity (Wildman–Crippen MR) is 52.6 cm³/mol. The predicted octanol–water partition coefficient (Wildman–Crippen LogP) is 0.420. The van der Waals surface area contributed by atoms with Crippen LogP contribution in [0, 0.1) is 5.92 Å². The number of nitrogens with zero attached hydrogens (tertiary/aromatic N) is 1. The maximum Gasteiger partial charge on any atom is 0.276 e. The molecule has 0 aromatic carbocycles. The van der Waals surface area contributed by atoms with E-state index in [1.54, 1.807) is 0 Å². The number of hydrogen-bond acceptors (Lipinski definition) is 4. The molecule has 5 heteroatoms. The van der Waals surface area contributed by atoms with Crippen LogP contribution in [0.4, 0.5) is 11.5 Å². The minimum atomic E-state index is -0.304. The lowest BCUT2D eigenvalue weighted by Gasteiger charge is -2.08. The van der Waals surface area contributed by atoms with Crippen LogP contribution in [0.3, 0.4) is 0 Å². The van der Waals surface area contributed by atoms with E-state index < -0.39 is 0 Å².